The third-order valence-corrected chi connectivity index (χ3v) is 3.43. The Morgan fingerprint density at radius 3 is 1.29 bits per heavy atom. The SMILES string of the molecule is Cc1cc(C)c(C(=O)Cl)c(C)c1.O=C(Cl)C(F)(F)C(F)(F)C(=O)Cl. The lowest BCUT2D eigenvalue weighted by molar-refractivity contribution is -0.198. The van der Waals surface area contributed by atoms with Crippen LogP contribution in [-0.4, -0.2) is 27.6 Å². The van der Waals surface area contributed by atoms with Crippen LogP contribution in [0.2, 0.25) is 0 Å². The van der Waals surface area contributed by atoms with Crippen LogP contribution in [0.1, 0.15) is 27.0 Å². The molecule has 24 heavy (non-hydrogen) atoms. The van der Waals surface area contributed by atoms with E-state index >= 15 is 0 Å². The summed E-state index contributed by atoms with van der Waals surface area (Å²) in [5.41, 5.74) is 3.70. The monoisotopic (exact) mass is 408 g/mol. The van der Waals surface area contributed by atoms with Crippen molar-refractivity contribution >= 4 is 50.5 Å². The maximum atomic E-state index is 12.0. The van der Waals surface area contributed by atoms with Gasteiger partial charge in [0, 0.05) is 5.56 Å². The largest absolute Gasteiger partial charge is 0.390 e. The Hall–Kier alpha value is -1.18. The van der Waals surface area contributed by atoms with E-state index in [0.717, 1.165) is 16.7 Å². The van der Waals surface area contributed by atoms with Crippen molar-refractivity contribution in [3.05, 3.63) is 34.4 Å². The second kappa shape index (κ2) is 8.27. The molecule has 0 aliphatic heterocycles. The number of carbonyl (C=O) groups is 3. The number of hydrogen-bond donors (Lipinski definition) is 0. The fourth-order valence-electron chi connectivity index (χ4n) is 1.74. The number of alkyl halides is 4. The summed E-state index contributed by atoms with van der Waals surface area (Å²) in [5, 5.41) is -5.65. The number of halogens is 7. The number of rotatable bonds is 4. The highest BCUT2D eigenvalue weighted by atomic mass is 35.5. The van der Waals surface area contributed by atoms with Crippen molar-refractivity contribution in [2.45, 2.75) is 32.6 Å². The van der Waals surface area contributed by atoms with Crippen LogP contribution in [0.25, 0.3) is 0 Å². The van der Waals surface area contributed by atoms with Gasteiger partial charge in [0.15, 0.2) is 0 Å². The van der Waals surface area contributed by atoms with E-state index in [1.54, 1.807) is 0 Å². The van der Waals surface area contributed by atoms with Crippen molar-refractivity contribution in [3.63, 3.8) is 0 Å². The summed E-state index contributed by atoms with van der Waals surface area (Å²) < 4.78 is 48.2. The summed E-state index contributed by atoms with van der Waals surface area (Å²) in [4.78, 5) is 30.4. The molecule has 0 bridgehead atoms. The van der Waals surface area contributed by atoms with Crippen molar-refractivity contribution in [1.29, 1.82) is 0 Å². The normalized spacial score (nSPS) is 11.4. The first-order valence-corrected chi connectivity index (χ1v) is 7.22. The number of hydrogen-bond acceptors (Lipinski definition) is 3. The van der Waals surface area contributed by atoms with E-state index in [1.165, 1.54) is 0 Å². The third-order valence-electron chi connectivity index (χ3n) is 2.76. The Morgan fingerprint density at radius 1 is 0.792 bits per heavy atom. The fourth-order valence-corrected chi connectivity index (χ4v) is 2.27. The molecule has 0 aliphatic rings. The van der Waals surface area contributed by atoms with Crippen LogP contribution in [0.4, 0.5) is 17.6 Å². The molecule has 0 aromatic heterocycles. The third kappa shape index (κ3) is 5.16. The summed E-state index contributed by atoms with van der Waals surface area (Å²) in [6.07, 6.45) is 0. The van der Waals surface area contributed by atoms with E-state index in [0.29, 0.717) is 5.56 Å². The van der Waals surface area contributed by atoms with Crippen LogP contribution in [0.5, 0.6) is 0 Å². The molecule has 0 fully saturated rings. The zero-order chi connectivity index (χ0) is 19.5. The van der Waals surface area contributed by atoms with Gasteiger partial charge in [-0.2, -0.15) is 17.6 Å². The number of carbonyl (C=O) groups excluding carboxylic acids is 3. The Morgan fingerprint density at radius 2 is 1.08 bits per heavy atom. The minimum Gasteiger partial charge on any atom is -0.276 e. The van der Waals surface area contributed by atoms with Gasteiger partial charge in [-0.3, -0.25) is 14.4 Å². The zero-order valence-corrected chi connectivity index (χ0v) is 14.8. The Labute approximate surface area is 149 Å². The molecule has 0 spiro atoms. The second-order valence-corrected chi connectivity index (χ2v) is 5.77. The molecule has 0 aliphatic carbocycles. The van der Waals surface area contributed by atoms with E-state index in [4.69, 9.17) is 11.6 Å². The van der Waals surface area contributed by atoms with Crippen molar-refractivity contribution < 1.29 is 31.9 Å². The summed E-state index contributed by atoms with van der Waals surface area (Å²) >= 11 is 13.7. The molecule has 0 saturated heterocycles. The Kier molecular flexibility index (Phi) is 7.86. The first-order valence-electron chi connectivity index (χ1n) is 6.09. The molecule has 1 aromatic carbocycles. The molecule has 1 rings (SSSR count). The van der Waals surface area contributed by atoms with Crippen LogP contribution in [-0.2, 0) is 9.59 Å². The highest BCUT2D eigenvalue weighted by Crippen LogP contribution is 2.37. The summed E-state index contributed by atoms with van der Waals surface area (Å²) in [6.45, 7) is 5.80. The van der Waals surface area contributed by atoms with Gasteiger partial charge in [-0.15, -0.1) is 0 Å². The standard InChI is InChI=1S/C10H11ClO.C4Cl2F4O2/c1-6-4-7(2)9(10(11)12)8(3)5-6;5-1(11)3(7,8)4(9,10)2(6)12/h4-5H,1-3H3;. The van der Waals surface area contributed by atoms with Gasteiger partial charge < -0.3 is 0 Å². The molecule has 0 heterocycles. The first kappa shape index (κ1) is 22.8. The molecule has 0 N–H and O–H groups in total. The van der Waals surface area contributed by atoms with Crippen LogP contribution in [0.3, 0.4) is 0 Å². The van der Waals surface area contributed by atoms with E-state index in [9.17, 15) is 31.9 Å². The predicted molar refractivity (Wildman–Crippen MR) is 82.5 cm³/mol. The lowest BCUT2D eigenvalue weighted by Crippen LogP contribution is -2.49. The van der Waals surface area contributed by atoms with Crippen LogP contribution in [0.15, 0.2) is 12.1 Å². The molecular weight excluding hydrogens is 399 g/mol. The van der Waals surface area contributed by atoms with E-state index in [1.807, 2.05) is 32.9 Å². The van der Waals surface area contributed by atoms with Crippen molar-refractivity contribution in [3.8, 4) is 0 Å². The zero-order valence-electron chi connectivity index (χ0n) is 12.5. The lowest BCUT2D eigenvalue weighted by Gasteiger charge is -2.18. The van der Waals surface area contributed by atoms with Crippen LogP contribution in [0, 0.1) is 20.8 Å². The molecular formula is C14H11Cl3F4O3. The highest BCUT2D eigenvalue weighted by Gasteiger charge is 2.65. The van der Waals surface area contributed by atoms with Gasteiger partial charge in [0.2, 0.25) is 0 Å². The maximum Gasteiger partial charge on any atom is 0.390 e. The quantitative estimate of drug-likeness (QED) is 0.531. The van der Waals surface area contributed by atoms with Gasteiger partial charge in [-0.05, 0) is 66.7 Å². The van der Waals surface area contributed by atoms with Gasteiger partial charge in [-0.25, -0.2) is 0 Å². The molecule has 1 aromatic rings. The highest BCUT2D eigenvalue weighted by molar-refractivity contribution is 6.69. The van der Waals surface area contributed by atoms with E-state index in [2.05, 4.69) is 23.2 Å². The average molecular weight is 410 g/mol. The second-order valence-electron chi connectivity index (χ2n) is 4.74. The average Bonchev–Trinajstić information content (AvgIpc) is 2.36. The topological polar surface area (TPSA) is 51.2 Å². The molecule has 0 radical (unpaired) electrons. The molecule has 134 valence electrons. The molecule has 0 atom stereocenters. The Balaban J connectivity index is 0.000000441. The summed E-state index contributed by atoms with van der Waals surface area (Å²) in [7, 11) is 0. The predicted octanol–water partition coefficient (Wildman–Crippen LogP) is 4.78. The maximum absolute atomic E-state index is 12.0. The van der Waals surface area contributed by atoms with E-state index < -0.39 is 22.3 Å². The smallest absolute Gasteiger partial charge is 0.276 e. The van der Waals surface area contributed by atoms with Gasteiger partial charge in [0.05, 0.1) is 0 Å². The van der Waals surface area contributed by atoms with Gasteiger partial charge >= 0.3 is 11.8 Å². The molecule has 0 amide bonds. The lowest BCUT2D eigenvalue weighted by atomic mass is 10.0. The van der Waals surface area contributed by atoms with Gasteiger partial charge in [0.1, 0.15) is 0 Å². The minimum atomic E-state index is -5.27. The Bertz CT molecular complexity index is 628. The molecule has 0 unspecified atom stereocenters. The molecule has 10 heteroatoms. The van der Waals surface area contributed by atoms with Crippen molar-refractivity contribution in [2.24, 2.45) is 0 Å². The number of benzene rings is 1. The molecule has 0 saturated carbocycles. The first-order chi connectivity index (χ1) is 10.7. The molecule has 3 nitrogen and oxygen atoms in total. The van der Waals surface area contributed by atoms with Crippen LogP contribution < -0.4 is 0 Å². The van der Waals surface area contributed by atoms with Gasteiger partial charge in [-0.1, -0.05) is 17.7 Å². The van der Waals surface area contributed by atoms with Gasteiger partial charge in [0.25, 0.3) is 15.7 Å². The summed E-state index contributed by atoms with van der Waals surface area (Å²) in [5.74, 6) is -10.5. The van der Waals surface area contributed by atoms with Crippen molar-refractivity contribution in [1.82, 2.24) is 0 Å². The van der Waals surface area contributed by atoms with Crippen molar-refractivity contribution in [2.75, 3.05) is 0 Å². The van der Waals surface area contributed by atoms with E-state index in [-0.39, 0.29) is 5.24 Å². The fraction of sp³-hybridized carbons (Fsp3) is 0.357. The summed E-state index contributed by atoms with van der Waals surface area (Å²) in [6, 6.07) is 3.92. The number of aryl methyl sites for hydroxylation is 3. The minimum absolute atomic E-state index is 0.370. The van der Waals surface area contributed by atoms with Crippen LogP contribution >= 0.6 is 34.8 Å².